The molecule has 0 aliphatic rings. The number of aromatic nitrogens is 1. The third-order valence-electron chi connectivity index (χ3n) is 0.995. The molecule has 0 saturated carbocycles. The van der Waals surface area contributed by atoms with Crippen molar-refractivity contribution in [3.05, 3.63) is 24.5 Å². The summed E-state index contributed by atoms with van der Waals surface area (Å²) in [6.45, 7) is 0. The second kappa shape index (κ2) is 2.35. The lowest BCUT2D eigenvalue weighted by Crippen LogP contribution is -2.38. The van der Waals surface area contributed by atoms with Crippen molar-refractivity contribution in [3.8, 4) is 5.75 Å². The van der Waals surface area contributed by atoms with Gasteiger partial charge in [0.25, 0.3) is 0 Å². The van der Waals surface area contributed by atoms with Crippen LogP contribution >= 0.6 is 0 Å². The van der Waals surface area contributed by atoms with E-state index in [2.05, 4.69) is 0 Å². The van der Waals surface area contributed by atoms with Crippen LogP contribution in [0.3, 0.4) is 0 Å². The highest BCUT2D eigenvalue weighted by Gasteiger charge is 1.94. The molecule has 1 heterocycles. The van der Waals surface area contributed by atoms with Gasteiger partial charge in [-0.2, -0.15) is 0 Å². The molecule has 3 heteroatoms. The summed E-state index contributed by atoms with van der Waals surface area (Å²) in [4.78, 5) is 4.77. The summed E-state index contributed by atoms with van der Waals surface area (Å²) in [6, 6.07) is 3.09. The zero-order valence-electron chi connectivity index (χ0n) is 5.11. The normalized spacial score (nSPS) is 9.00. The topological polar surface area (TPSA) is 33.3 Å². The van der Waals surface area contributed by atoms with Crippen LogP contribution in [0, 0.1) is 0 Å². The fourth-order valence-electron chi connectivity index (χ4n) is 0.527. The Bertz CT molecular complexity index is 183. The van der Waals surface area contributed by atoms with Gasteiger partial charge in [0, 0.05) is 16.9 Å². The second-order valence-corrected chi connectivity index (χ2v) is 1.60. The first-order valence-corrected chi connectivity index (χ1v) is 2.57. The van der Waals surface area contributed by atoms with Crippen molar-refractivity contribution in [2.45, 2.75) is 0 Å². The number of nitrogens with zero attached hydrogens (tertiary/aromatic N) is 1. The van der Waals surface area contributed by atoms with Gasteiger partial charge in [0.05, 0.1) is 0 Å². The smallest absolute Gasteiger partial charge is 0.226 e. The molecule has 0 aromatic carbocycles. The van der Waals surface area contributed by atoms with Crippen LogP contribution in [0.4, 0.5) is 0 Å². The molecule has 0 atom stereocenters. The minimum absolute atomic E-state index is 0.239. The van der Waals surface area contributed by atoms with Crippen molar-refractivity contribution in [1.82, 2.24) is 0 Å². The number of hydrogen-bond donors (Lipinski definition) is 1. The Morgan fingerprint density at radius 3 is 2.44 bits per heavy atom. The zero-order valence-corrected chi connectivity index (χ0v) is 5.11. The molecule has 1 N–H and O–H groups in total. The minimum Gasteiger partial charge on any atom is -0.507 e. The average molecular weight is 126 g/mol. The molecule has 0 amide bonds. The first-order valence-electron chi connectivity index (χ1n) is 2.57. The lowest BCUT2D eigenvalue weighted by atomic mass is 10.5. The minimum atomic E-state index is 0.239. The summed E-state index contributed by atoms with van der Waals surface area (Å²) in [5.41, 5.74) is 0. The van der Waals surface area contributed by atoms with E-state index in [1.54, 1.807) is 31.6 Å². The molecule has 0 aliphatic carbocycles. The van der Waals surface area contributed by atoms with Gasteiger partial charge in [0.1, 0.15) is 12.9 Å². The Kier molecular flexibility index (Phi) is 1.53. The van der Waals surface area contributed by atoms with Gasteiger partial charge in [0.15, 0.2) is 0 Å². The molecule has 0 saturated heterocycles. The Labute approximate surface area is 53.1 Å². The lowest BCUT2D eigenvalue weighted by Gasteiger charge is -1.88. The van der Waals surface area contributed by atoms with E-state index >= 15 is 0 Å². The molecule has 1 aromatic heterocycles. The van der Waals surface area contributed by atoms with Gasteiger partial charge in [-0.15, -0.1) is 0 Å². The van der Waals surface area contributed by atoms with Gasteiger partial charge in [-0.1, -0.05) is 0 Å². The monoisotopic (exact) mass is 126 g/mol. The van der Waals surface area contributed by atoms with Crippen LogP contribution in [0.1, 0.15) is 0 Å². The quantitative estimate of drug-likeness (QED) is 0.526. The average Bonchev–Trinajstić information content (AvgIpc) is 1.90. The molecule has 1 rings (SSSR count). The fourth-order valence-corrected chi connectivity index (χ4v) is 0.527. The van der Waals surface area contributed by atoms with E-state index in [1.165, 1.54) is 4.73 Å². The summed E-state index contributed by atoms with van der Waals surface area (Å²) in [6.07, 6.45) is 3.24. The third-order valence-corrected chi connectivity index (χ3v) is 0.995. The van der Waals surface area contributed by atoms with Crippen molar-refractivity contribution < 1.29 is 14.7 Å². The van der Waals surface area contributed by atoms with E-state index in [4.69, 9.17) is 9.94 Å². The largest absolute Gasteiger partial charge is 0.507 e. The van der Waals surface area contributed by atoms with Crippen LogP contribution in [0.5, 0.6) is 5.75 Å². The van der Waals surface area contributed by atoms with Crippen LogP contribution in [-0.2, 0) is 0 Å². The Balaban J connectivity index is 2.88. The van der Waals surface area contributed by atoms with Crippen LogP contribution in [0.25, 0.3) is 0 Å². The molecule has 3 nitrogen and oxygen atoms in total. The highest BCUT2D eigenvalue weighted by Crippen LogP contribution is 1.99. The maximum Gasteiger partial charge on any atom is 0.226 e. The Morgan fingerprint density at radius 2 is 2.00 bits per heavy atom. The van der Waals surface area contributed by atoms with Gasteiger partial charge in [0.2, 0.25) is 12.4 Å². The second-order valence-electron chi connectivity index (χ2n) is 1.60. The first kappa shape index (κ1) is 5.88. The van der Waals surface area contributed by atoms with E-state index < -0.39 is 0 Å². The Morgan fingerprint density at radius 1 is 1.44 bits per heavy atom. The number of rotatable bonds is 1. The van der Waals surface area contributed by atoms with Gasteiger partial charge >= 0.3 is 0 Å². The maximum absolute atomic E-state index is 8.78. The standard InChI is InChI=1S/C6H7NO2/c1-9-7-4-2-6(8)3-5-7/h2-5H,1H3/p+1. The van der Waals surface area contributed by atoms with Crippen molar-refractivity contribution in [3.63, 3.8) is 0 Å². The molecular formula is C6H8NO2+. The molecule has 0 aliphatic heterocycles. The summed E-state index contributed by atoms with van der Waals surface area (Å²) in [7, 11) is 1.55. The van der Waals surface area contributed by atoms with E-state index in [0.29, 0.717) is 0 Å². The number of hydrogen-bond acceptors (Lipinski definition) is 2. The van der Waals surface area contributed by atoms with Crippen LogP contribution in [-0.4, -0.2) is 12.2 Å². The molecule has 0 spiro atoms. The predicted molar refractivity (Wildman–Crippen MR) is 30.8 cm³/mol. The number of aromatic hydroxyl groups is 1. The molecule has 0 fully saturated rings. The summed E-state index contributed by atoms with van der Waals surface area (Å²) < 4.78 is 1.49. The SMILES string of the molecule is CO[n+]1ccc(O)cc1. The van der Waals surface area contributed by atoms with Crippen LogP contribution in [0.2, 0.25) is 0 Å². The molecule has 1 aromatic rings. The maximum atomic E-state index is 8.78. The molecular weight excluding hydrogens is 118 g/mol. The van der Waals surface area contributed by atoms with E-state index in [-0.39, 0.29) is 5.75 Å². The first-order chi connectivity index (χ1) is 4.33. The molecule has 48 valence electrons. The molecule has 9 heavy (non-hydrogen) atoms. The van der Waals surface area contributed by atoms with Gasteiger partial charge in [-0.3, -0.25) is 4.84 Å². The number of pyridine rings is 1. The van der Waals surface area contributed by atoms with Gasteiger partial charge in [-0.05, 0) is 0 Å². The van der Waals surface area contributed by atoms with E-state index in [1.807, 2.05) is 0 Å². The molecule has 0 radical (unpaired) electrons. The van der Waals surface area contributed by atoms with Crippen molar-refractivity contribution in [2.24, 2.45) is 0 Å². The van der Waals surface area contributed by atoms with E-state index in [0.717, 1.165) is 0 Å². The molecule has 0 unspecified atom stereocenters. The van der Waals surface area contributed by atoms with Crippen LogP contribution < -0.4 is 9.57 Å². The highest BCUT2D eigenvalue weighted by atomic mass is 16.6. The predicted octanol–water partition coefficient (Wildman–Crippen LogP) is -0.262. The zero-order chi connectivity index (χ0) is 6.69. The van der Waals surface area contributed by atoms with Gasteiger partial charge in [-0.25, -0.2) is 0 Å². The lowest BCUT2D eigenvalue weighted by molar-refractivity contribution is -0.885. The van der Waals surface area contributed by atoms with Crippen LogP contribution in [0.15, 0.2) is 24.5 Å². The Hall–Kier alpha value is -1.25. The third kappa shape index (κ3) is 1.32. The molecule has 0 bridgehead atoms. The summed E-state index contributed by atoms with van der Waals surface area (Å²) in [5.74, 6) is 0.239. The van der Waals surface area contributed by atoms with Crippen molar-refractivity contribution in [2.75, 3.05) is 7.11 Å². The fraction of sp³-hybridized carbons (Fsp3) is 0.167. The summed E-state index contributed by atoms with van der Waals surface area (Å²) >= 11 is 0. The van der Waals surface area contributed by atoms with Crippen molar-refractivity contribution >= 4 is 0 Å². The van der Waals surface area contributed by atoms with Gasteiger partial charge < -0.3 is 5.11 Å². The van der Waals surface area contributed by atoms with Crippen molar-refractivity contribution in [1.29, 1.82) is 0 Å². The van der Waals surface area contributed by atoms with E-state index in [9.17, 15) is 0 Å². The highest BCUT2D eigenvalue weighted by molar-refractivity contribution is 5.11. The summed E-state index contributed by atoms with van der Waals surface area (Å²) in [5, 5.41) is 8.78.